The van der Waals surface area contributed by atoms with Crippen LogP contribution in [0, 0.1) is 5.92 Å². The highest BCUT2D eigenvalue weighted by atomic mass is 16.5. The Morgan fingerprint density at radius 2 is 2.39 bits per heavy atom. The van der Waals surface area contributed by atoms with Gasteiger partial charge in [0, 0.05) is 25.4 Å². The third kappa shape index (κ3) is 2.90. The summed E-state index contributed by atoms with van der Waals surface area (Å²) in [4.78, 5) is 4.28. The highest BCUT2D eigenvalue weighted by Gasteiger charge is 2.41. The van der Waals surface area contributed by atoms with Gasteiger partial charge in [0.15, 0.2) is 0 Å². The van der Waals surface area contributed by atoms with Gasteiger partial charge in [-0.15, -0.1) is 0 Å². The molecule has 1 fully saturated rings. The molecule has 0 spiro atoms. The molecule has 1 aromatic heterocycles. The molecule has 1 aromatic rings. The first-order valence-electron chi connectivity index (χ1n) is 6.79. The summed E-state index contributed by atoms with van der Waals surface area (Å²) in [6.45, 7) is 2.24. The van der Waals surface area contributed by atoms with E-state index in [0.29, 0.717) is 12.3 Å². The van der Waals surface area contributed by atoms with E-state index in [-0.39, 0.29) is 5.60 Å². The van der Waals surface area contributed by atoms with Crippen LogP contribution in [0.25, 0.3) is 0 Å². The van der Waals surface area contributed by atoms with E-state index in [0.717, 1.165) is 25.0 Å². The first kappa shape index (κ1) is 13.5. The fraction of sp³-hybridized carbons (Fsp3) is 0.667. The predicted molar refractivity (Wildman–Crippen MR) is 71.3 cm³/mol. The molecule has 1 aliphatic carbocycles. The molecule has 3 unspecified atom stereocenters. The lowest BCUT2D eigenvalue weighted by Gasteiger charge is -2.42. The van der Waals surface area contributed by atoms with Gasteiger partial charge in [0.2, 0.25) is 0 Å². The van der Waals surface area contributed by atoms with Crippen LogP contribution >= 0.6 is 0 Å². The summed E-state index contributed by atoms with van der Waals surface area (Å²) < 4.78 is 5.71. The fourth-order valence-electron chi connectivity index (χ4n) is 3.07. The molecule has 1 N–H and O–H groups in total. The lowest BCUT2D eigenvalue weighted by molar-refractivity contribution is -0.131. The molecule has 100 valence electrons. The molecule has 0 amide bonds. The highest BCUT2D eigenvalue weighted by Crippen LogP contribution is 2.38. The largest absolute Gasteiger partial charge is 0.390 e. The fourth-order valence-corrected chi connectivity index (χ4v) is 3.07. The number of rotatable bonds is 4. The van der Waals surface area contributed by atoms with Gasteiger partial charge in [0.1, 0.15) is 0 Å². The third-order valence-electron chi connectivity index (χ3n) is 4.13. The number of aliphatic hydroxyl groups excluding tert-OH is 1. The van der Waals surface area contributed by atoms with Gasteiger partial charge in [0.25, 0.3) is 0 Å². The number of nitrogens with zero attached hydrogens (tertiary/aromatic N) is 1. The quantitative estimate of drug-likeness (QED) is 0.891. The van der Waals surface area contributed by atoms with Crippen LogP contribution < -0.4 is 0 Å². The number of hydrogen-bond acceptors (Lipinski definition) is 3. The third-order valence-corrected chi connectivity index (χ3v) is 4.13. The average molecular weight is 249 g/mol. The lowest BCUT2D eigenvalue weighted by atomic mass is 9.74. The van der Waals surface area contributed by atoms with Crippen LogP contribution in [0.4, 0.5) is 0 Å². The van der Waals surface area contributed by atoms with E-state index in [1.807, 2.05) is 18.2 Å². The Kier molecular flexibility index (Phi) is 4.36. The Labute approximate surface area is 109 Å². The van der Waals surface area contributed by atoms with Crippen LogP contribution in [0.1, 0.15) is 38.3 Å². The minimum absolute atomic E-state index is 0.380. The summed E-state index contributed by atoms with van der Waals surface area (Å²) in [6, 6.07) is 5.81. The summed E-state index contributed by atoms with van der Waals surface area (Å²) in [5.41, 5.74) is 0.550. The summed E-state index contributed by atoms with van der Waals surface area (Å²) >= 11 is 0. The number of hydrogen-bond donors (Lipinski definition) is 1. The van der Waals surface area contributed by atoms with Gasteiger partial charge in [-0.1, -0.05) is 25.8 Å². The second-order valence-electron chi connectivity index (χ2n) is 5.51. The first-order valence-corrected chi connectivity index (χ1v) is 6.79. The lowest BCUT2D eigenvalue weighted by Crippen LogP contribution is -2.48. The van der Waals surface area contributed by atoms with Crippen molar-refractivity contribution in [3.63, 3.8) is 0 Å². The first-order chi connectivity index (χ1) is 8.66. The van der Waals surface area contributed by atoms with E-state index < -0.39 is 6.10 Å². The Balaban J connectivity index is 2.07. The minimum Gasteiger partial charge on any atom is -0.390 e. The standard InChI is InChI=1S/C15H23NO2/c1-12-6-5-8-15(11-12,18-2)14(17)10-13-7-3-4-9-16-13/h3-4,7,9,12,14,17H,5-6,8,10-11H2,1-2H3. The molecule has 1 heterocycles. The molecular weight excluding hydrogens is 226 g/mol. The molecule has 1 aliphatic rings. The van der Waals surface area contributed by atoms with Crippen molar-refractivity contribution in [3.8, 4) is 0 Å². The van der Waals surface area contributed by atoms with Crippen molar-refractivity contribution in [2.45, 2.75) is 50.7 Å². The molecule has 3 nitrogen and oxygen atoms in total. The average Bonchev–Trinajstić information content (AvgIpc) is 2.39. The normalized spacial score (nSPS) is 30.1. The van der Waals surface area contributed by atoms with Crippen LogP contribution in [0.2, 0.25) is 0 Å². The maximum absolute atomic E-state index is 10.5. The second-order valence-corrected chi connectivity index (χ2v) is 5.51. The second kappa shape index (κ2) is 5.81. The molecule has 1 saturated carbocycles. The summed E-state index contributed by atoms with van der Waals surface area (Å²) in [7, 11) is 1.72. The smallest absolute Gasteiger partial charge is 0.0942 e. The van der Waals surface area contributed by atoms with Gasteiger partial charge in [-0.3, -0.25) is 4.98 Å². The van der Waals surface area contributed by atoms with Crippen molar-refractivity contribution in [2.75, 3.05) is 7.11 Å². The van der Waals surface area contributed by atoms with Crippen molar-refractivity contribution in [1.82, 2.24) is 4.98 Å². The molecule has 0 saturated heterocycles. The van der Waals surface area contributed by atoms with Crippen molar-refractivity contribution < 1.29 is 9.84 Å². The molecule has 2 rings (SSSR count). The van der Waals surface area contributed by atoms with E-state index >= 15 is 0 Å². The van der Waals surface area contributed by atoms with Crippen molar-refractivity contribution in [3.05, 3.63) is 30.1 Å². The molecule has 0 bridgehead atoms. The Morgan fingerprint density at radius 3 is 3.00 bits per heavy atom. The Bertz CT molecular complexity index is 368. The molecule has 0 radical (unpaired) electrons. The number of ether oxygens (including phenoxy) is 1. The van der Waals surface area contributed by atoms with Gasteiger partial charge in [-0.25, -0.2) is 0 Å². The van der Waals surface area contributed by atoms with Gasteiger partial charge in [-0.2, -0.15) is 0 Å². The highest BCUT2D eigenvalue weighted by molar-refractivity contribution is 5.07. The molecule has 0 aliphatic heterocycles. The molecule has 0 aromatic carbocycles. The van der Waals surface area contributed by atoms with Crippen LogP contribution in [0.15, 0.2) is 24.4 Å². The van der Waals surface area contributed by atoms with E-state index in [1.165, 1.54) is 6.42 Å². The topological polar surface area (TPSA) is 42.4 Å². The van der Waals surface area contributed by atoms with Crippen LogP contribution in [0.3, 0.4) is 0 Å². The van der Waals surface area contributed by atoms with E-state index in [2.05, 4.69) is 11.9 Å². The zero-order valence-corrected chi connectivity index (χ0v) is 11.3. The molecule has 3 atom stereocenters. The van der Waals surface area contributed by atoms with E-state index in [1.54, 1.807) is 13.3 Å². The van der Waals surface area contributed by atoms with E-state index in [9.17, 15) is 5.11 Å². The van der Waals surface area contributed by atoms with Crippen LogP contribution in [-0.2, 0) is 11.2 Å². The number of pyridine rings is 1. The van der Waals surface area contributed by atoms with Gasteiger partial charge < -0.3 is 9.84 Å². The zero-order chi connectivity index (χ0) is 13.0. The summed E-state index contributed by atoms with van der Waals surface area (Å²) in [6.07, 6.45) is 6.13. The van der Waals surface area contributed by atoms with Crippen molar-refractivity contribution >= 4 is 0 Å². The van der Waals surface area contributed by atoms with Gasteiger partial charge in [-0.05, 0) is 30.9 Å². The number of aliphatic hydroxyl groups is 1. The Morgan fingerprint density at radius 1 is 1.56 bits per heavy atom. The molecule has 3 heteroatoms. The monoisotopic (exact) mass is 249 g/mol. The van der Waals surface area contributed by atoms with Gasteiger partial charge in [0.05, 0.1) is 11.7 Å². The summed E-state index contributed by atoms with van der Waals surface area (Å²) in [5, 5.41) is 10.5. The van der Waals surface area contributed by atoms with Crippen LogP contribution in [-0.4, -0.2) is 28.9 Å². The molecular formula is C15H23NO2. The predicted octanol–water partition coefficient (Wildman–Crippen LogP) is 2.58. The Hall–Kier alpha value is -0.930. The molecule has 18 heavy (non-hydrogen) atoms. The maximum atomic E-state index is 10.5. The van der Waals surface area contributed by atoms with Crippen molar-refractivity contribution in [2.24, 2.45) is 5.92 Å². The minimum atomic E-state index is -0.472. The van der Waals surface area contributed by atoms with Crippen molar-refractivity contribution in [1.29, 1.82) is 0 Å². The number of aromatic nitrogens is 1. The summed E-state index contributed by atoms with van der Waals surface area (Å²) in [5.74, 6) is 0.622. The van der Waals surface area contributed by atoms with Gasteiger partial charge >= 0.3 is 0 Å². The van der Waals surface area contributed by atoms with E-state index in [4.69, 9.17) is 4.74 Å². The number of methoxy groups -OCH3 is 1. The SMILES string of the molecule is COC1(C(O)Cc2ccccn2)CCCC(C)C1. The maximum Gasteiger partial charge on any atom is 0.0942 e. The zero-order valence-electron chi connectivity index (χ0n) is 11.3. The van der Waals surface area contributed by atoms with Crippen LogP contribution in [0.5, 0.6) is 0 Å².